The van der Waals surface area contributed by atoms with Gasteiger partial charge in [-0.05, 0) is 52.5 Å². The summed E-state index contributed by atoms with van der Waals surface area (Å²) in [5, 5.41) is 0. The zero-order chi connectivity index (χ0) is 14.3. The van der Waals surface area contributed by atoms with Crippen LogP contribution in [0.15, 0.2) is 23.3 Å². The Bertz CT molecular complexity index is 354. The van der Waals surface area contributed by atoms with Crippen LogP contribution in [0.4, 0.5) is 0 Å². The molecule has 1 heterocycles. The van der Waals surface area contributed by atoms with Crippen molar-refractivity contribution in [2.75, 3.05) is 19.6 Å². The first-order valence-corrected chi connectivity index (χ1v) is 7.41. The molecule has 1 rings (SSSR count). The molecule has 3 N–H and O–H groups in total. The van der Waals surface area contributed by atoms with Crippen molar-refractivity contribution in [1.82, 2.24) is 0 Å². The maximum absolute atomic E-state index is 11.2. The molecule has 0 spiro atoms. The number of piperidine rings is 1. The van der Waals surface area contributed by atoms with Crippen LogP contribution in [0.2, 0.25) is 0 Å². The van der Waals surface area contributed by atoms with Crippen molar-refractivity contribution in [3.63, 3.8) is 0 Å². The molecular formula is C16H29N2O+. The number of allylic oxidation sites excluding steroid dienone is 3. The Morgan fingerprint density at radius 2 is 2.05 bits per heavy atom. The molecular weight excluding hydrogens is 236 g/mol. The molecule has 1 aliphatic heterocycles. The van der Waals surface area contributed by atoms with E-state index in [1.165, 1.54) is 22.6 Å². The van der Waals surface area contributed by atoms with E-state index in [0.29, 0.717) is 0 Å². The fraction of sp³-hybridized carbons (Fsp3) is 0.688. The fourth-order valence-corrected chi connectivity index (χ4v) is 2.59. The van der Waals surface area contributed by atoms with Crippen LogP contribution in [0.25, 0.3) is 0 Å². The first-order valence-electron chi connectivity index (χ1n) is 7.41. The van der Waals surface area contributed by atoms with E-state index >= 15 is 0 Å². The maximum Gasteiger partial charge on any atom is 0.226 e. The Labute approximate surface area is 117 Å². The second-order valence-electron chi connectivity index (χ2n) is 6.02. The van der Waals surface area contributed by atoms with Gasteiger partial charge in [0.15, 0.2) is 0 Å². The first-order chi connectivity index (χ1) is 8.99. The largest absolute Gasteiger partial charge is 0.369 e. The molecule has 0 aromatic carbocycles. The summed E-state index contributed by atoms with van der Waals surface area (Å²) < 4.78 is 0. The summed E-state index contributed by atoms with van der Waals surface area (Å²) in [4.78, 5) is 12.7. The number of hydrogen-bond donors (Lipinski definition) is 2. The smallest absolute Gasteiger partial charge is 0.226 e. The lowest BCUT2D eigenvalue weighted by Gasteiger charge is -2.27. The second-order valence-corrected chi connectivity index (χ2v) is 6.02. The lowest BCUT2D eigenvalue weighted by atomic mass is 9.97. The zero-order valence-electron chi connectivity index (χ0n) is 12.7. The Hall–Kier alpha value is -1.09. The number of quaternary nitrogens is 1. The standard InChI is InChI=1S/C16H28N2O/c1-13(2)6-4-7-14(3)9-11-18-10-5-8-15(12-18)16(17)19/h6,9,15H,4-5,7-8,10-12H2,1-3H3,(H2,17,19)/p+1/b14-9+/t15-/m1/s1. The monoisotopic (exact) mass is 265 g/mol. The Morgan fingerprint density at radius 3 is 2.68 bits per heavy atom. The zero-order valence-corrected chi connectivity index (χ0v) is 12.7. The third-order valence-electron chi connectivity index (χ3n) is 3.85. The average molecular weight is 265 g/mol. The number of hydrogen-bond acceptors (Lipinski definition) is 1. The molecule has 0 aromatic rings. The molecule has 1 aliphatic rings. The van der Waals surface area contributed by atoms with Crippen molar-refractivity contribution < 1.29 is 9.69 Å². The highest BCUT2D eigenvalue weighted by molar-refractivity contribution is 5.76. The highest BCUT2D eigenvalue weighted by Crippen LogP contribution is 2.07. The van der Waals surface area contributed by atoms with Crippen LogP contribution in [0.1, 0.15) is 46.5 Å². The molecule has 1 fully saturated rings. The van der Waals surface area contributed by atoms with E-state index in [0.717, 1.165) is 38.8 Å². The molecule has 19 heavy (non-hydrogen) atoms. The predicted octanol–water partition coefficient (Wildman–Crippen LogP) is 1.46. The number of primary amides is 1. The van der Waals surface area contributed by atoms with Gasteiger partial charge in [-0.3, -0.25) is 4.79 Å². The molecule has 0 radical (unpaired) electrons. The Kier molecular flexibility index (Phi) is 6.85. The summed E-state index contributed by atoms with van der Waals surface area (Å²) in [7, 11) is 0. The van der Waals surface area contributed by atoms with E-state index in [2.05, 4.69) is 32.9 Å². The molecule has 0 saturated carbocycles. The molecule has 108 valence electrons. The Morgan fingerprint density at radius 1 is 1.32 bits per heavy atom. The summed E-state index contributed by atoms with van der Waals surface area (Å²) in [6, 6.07) is 0. The van der Waals surface area contributed by atoms with Crippen molar-refractivity contribution >= 4 is 5.91 Å². The van der Waals surface area contributed by atoms with E-state index < -0.39 is 0 Å². The summed E-state index contributed by atoms with van der Waals surface area (Å²) >= 11 is 0. The molecule has 0 aliphatic carbocycles. The molecule has 0 aromatic heterocycles. The predicted molar refractivity (Wildman–Crippen MR) is 79.9 cm³/mol. The van der Waals surface area contributed by atoms with Gasteiger partial charge < -0.3 is 10.6 Å². The summed E-state index contributed by atoms with van der Waals surface area (Å²) in [6.07, 6.45) is 8.98. The number of amides is 1. The van der Waals surface area contributed by atoms with Crippen LogP contribution < -0.4 is 10.6 Å². The number of rotatable bonds is 6. The number of nitrogens with two attached hydrogens (primary N) is 1. The van der Waals surface area contributed by atoms with Crippen molar-refractivity contribution in [1.29, 1.82) is 0 Å². The summed E-state index contributed by atoms with van der Waals surface area (Å²) in [5.74, 6) is -0.0374. The van der Waals surface area contributed by atoms with Gasteiger partial charge in [-0.15, -0.1) is 0 Å². The van der Waals surface area contributed by atoms with E-state index in [9.17, 15) is 4.79 Å². The third-order valence-corrected chi connectivity index (χ3v) is 3.85. The average Bonchev–Trinajstić information content (AvgIpc) is 2.36. The van der Waals surface area contributed by atoms with Gasteiger partial charge in [-0.25, -0.2) is 0 Å². The van der Waals surface area contributed by atoms with Crippen molar-refractivity contribution in [3.05, 3.63) is 23.3 Å². The minimum absolute atomic E-state index is 0.0862. The molecule has 2 atom stereocenters. The molecule has 3 nitrogen and oxygen atoms in total. The number of nitrogens with one attached hydrogen (secondary N) is 1. The van der Waals surface area contributed by atoms with Gasteiger partial charge in [-0.1, -0.05) is 17.2 Å². The van der Waals surface area contributed by atoms with E-state index in [1.54, 1.807) is 0 Å². The maximum atomic E-state index is 11.2. The molecule has 1 amide bonds. The van der Waals surface area contributed by atoms with Gasteiger partial charge >= 0.3 is 0 Å². The van der Waals surface area contributed by atoms with Crippen LogP contribution >= 0.6 is 0 Å². The van der Waals surface area contributed by atoms with Gasteiger partial charge in [0.25, 0.3) is 0 Å². The second kappa shape index (κ2) is 8.16. The van der Waals surface area contributed by atoms with Crippen LogP contribution in [0.5, 0.6) is 0 Å². The van der Waals surface area contributed by atoms with Crippen LogP contribution in [-0.2, 0) is 4.79 Å². The first kappa shape index (κ1) is 16.0. The van der Waals surface area contributed by atoms with Crippen molar-refractivity contribution in [2.45, 2.75) is 46.5 Å². The van der Waals surface area contributed by atoms with Crippen molar-refractivity contribution in [3.8, 4) is 0 Å². The highest BCUT2D eigenvalue weighted by atomic mass is 16.1. The molecule has 3 heteroatoms. The summed E-state index contributed by atoms with van der Waals surface area (Å²) in [6.45, 7) is 9.59. The lowest BCUT2D eigenvalue weighted by Crippen LogP contribution is -3.13. The highest BCUT2D eigenvalue weighted by Gasteiger charge is 2.26. The molecule has 1 unspecified atom stereocenters. The SMILES string of the molecule is CC(C)=CCC/C(C)=C/C[NH+]1CCC[C@@H](C(N)=O)C1. The summed E-state index contributed by atoms with van der Waals surface area (Å²) in [5.41, 5.74) is 8.24. The van der Waals surface area contributed by atoms with Crippen LogP contribution in [0, 0.1) is 5.92 Å². The minimum atomic E-state index is -0.124. The van der Waals surface area contributed by atoms with E-state index in [-0.39, 0.29) is 11.8 Å². The van der Waals surface area contributed by atoms with E-state index in [1.807, 2.05) is 0 Å². The Balaban J connectivity index is 2.34. The van der Waals surface area contributed by atoms with Crippen molar-refractivity contribution in [2.24, 2.45) is 11.7 Å². The quantitative estimate of drug-likeness (QED) is 0.702. The van der Waals surface area contributed by atoms with Crippen LogP contribution in [0.3, 0.4) is 0 Å². The topological polar surface area (TPSA) is 47.5 Å². The normalized spacial score (nSPS) is 24.1. The number of carbonyl (C=O) groups excluding carboxylic acids is 1. The van der Waals surface area contributed by atoms with E-state index in [4.69, 9.17) is 5.73 Å². The van der Waals surface area contributed by atoms with Gasteiger partial charge in [0.05, 0.1) is 25.6 Å². The molecule has 0 bridgehead atoms. The van der Waals surface area contributed by atoms with Gasteiger partial charge in [0.2, 0.25) is 5.91 Å². The lowest BCUT2D eigenvalue weighted by molar-refractivity contribution is -0.901. The van der Waals surface area contributed by atoms with Gasteiger partial charge in [0.1, 0.15) is 0 Å². The number of carbonyl (C=O) groups is 1. The molecule has 1 saturated heterocycles. The van der Waals surface area contributed by atoms with Gasteiger partial charge in [-0.2, -0.15) is 0 Å². The third kappa shape index (κ3) is 6.58. The fourth-order valence-electron chi connectivity index (χ4n) is 2.59. The minimum Gasteiger partial charge on any atom is -0.369 e. The number of likely N-dealkylation sites (tertiary alicyclic amines) is 1. The van der Waals surface area contributed by atoms with Crippen LogP contribution in [-0.4, -0.2) is 25.5 Å². The van der Waals surface area contributed by atoms with Gasteiger partial charge in [0, 0.05) is 0 Å².